The van der Waals surface area contributed by atoms with Gasteiger partial charge in [-0.25, -0.2) is 98.3 Å². The van der Waals surface area contributed by atoms with Crippen molar-refractivity contribution in [3.05, 3.63) is 11.8 Å². The van der Waals surface area contributed by atoms with Gasteiger partial charge in [-0.1, -0.05) is 0 Å². The van der Waals surface area contributed by atoms with E-state index in [1.165, 1.54) is 0 Å². The van der Waals surface area contributed by atoms with Crippen LogP contribution in [-0.2, 0) is 228 Å². The Kier molecular flexibility index (Phi) is 80.9. The van der Waals surface area contributed by atoms with Crippen LogP contribution in [0, 0.1) is 0 Å². The smallest absolute Gasteiger partial charge is 0.735 e. The maximum atomic E-state index is 13.2. The van der Waals surface area contributed by atoms with Crippen molar-refractivity contribution in [2.75, 3.05) is 26.4 Å². The number of hydrogen-bond acceptors (Lipinski definition) is 71. The Hall–Kier alpha value is 8.63. The molecule has 99 heteroatoms. The van der Waals surface area contributed by atoms with E-state index in [2.05, 4.69) is 29.3 Å². The molecule has 1 amide bonds. The Labute approximate surface area is 1150 Å². The van der Waals surface area contributed by atoms with Gasteiger partial charge in [-0.3, -0.25) is 34.1 Å². The van der Waals surface area contributed by atoms with Gasteiger partial charge in [0.1, 0.15) is 182 Å². The van der Waals surface area contributed by atoms with Gasteiger partial charge in [0.05, 0.1) is 44.3 Å². The average Bonchev–Trinajstić information content (AvgIpc) is 0.750. The van der Waals surface area contributed by atoms with Gasteiger partial charge in [0, 0.05) is 6.92 Å². The molecule has 14 N–H and O–H groups in total. The summed E-state index contributed by atoms with van der Waals surface area (Å²) < 4.78 is 472. The Morgan fingerprint density at radius 1 is 0.289 bits per heavy atom. The molecule has 0 radical (unpaired) electrons. The maximum Gasteiger partial charge on any atom is 1.00 e. The molecule has 0 aliphatic carbocycles. The van der Waals surface area contributed by atoms with Crippen LogP contribution < -0.4 is 454 Å². The van der Waals surface area contributed by atoms with Gasteiger partial charge in [-0.05, 0) is 6.08 Å². The van der Waals surface area contributed by atoms with Crippen LogP contribution in [0.5, 0.6) is 0 Å². The summed E-state index contributed by atoms with van der Waals surface area (Å²) in [5, 5.41) is 167. The SMILES string of the molecule is CC(=O)N[C@H]1[C@@H](O[C@H]2[C@H](O)[C@@H](O)[C@H](O[C@H]3[C@H](OS(=O)(=O)[O-])[C@@H](NS(=O)(=O)[O-])[C@@H](O[C@H]4[C@H](O)[C@@H](OS(=O)(=O)[O-])[C@H](O[C@H]5[C@H](O)[C@@H](NS(=O)(=O)[O-])[C@@H](O)O[C@@H]5COS(=O)(=O)[O-])O[C@H]4C(=O)[O-])O[C@@H]3COS(=O)(=O)[O-])O[C@@H]2C(=O)[O-])O[C@H](COS(=O)(=O)[O-])[C@@H](O[C@@H]2O[C@@H](C(=O)[O-])[C@@H](O[C@H]3O[C@H](COS(=O)(=O)[O-])[C@@H](O[C@@H]4OC(C(=O)[O-])=C[C@H](O)[C@H]4OS(=O)(=O)[O-])[C@H](O)[C@H]3NS(=O)(=O)[O-])[C@H](O)[C@H]2O)[C@@H]1O.[Na+].[Na+].[Na+].[Na+].[Na+].[Na+].[Na+].[Na+].[Na+].[Na+].[Na+].[Na+].[Na+].[Na+]. The summed E-state index contributed by atoms with van der Waals surface area (Å²) in [6.45, 7) is -7.51. The van der Waals surface area contributed by atoms with Crippen molar-refractivity contribution in [3.8, 4) is 0 Å². The summed E-state index contributed by atoms with van der Waals surface area (Å²) in [5.74, 6) is -14.0. The van der Waals surface area contributed by atoms with Gasteiger partial charge in [-0.2, -0.15) is 0 Å². The molecular formula is C50H64N4Na14O71S10. The molecule has 0 bridgehead atoms. The van der Waals surface area contributed by atoms with Crippen molar-refractivity contribution in [1.82, 2.24) is 19.5 Å². The predicted molar refractivity (Wildman–Crippen MR) is 358 cm³/mol. The number of hydrogen-bond donors (Lipinski definition) is 14. The number of rotatable bonds is 43. The van der Waals surface area contributed by atoms with Gasteiger partial charge in [0.15, 0.2) is 87.2 Å². The van der Waals surface area contributed by atoms with Crippen LogP contribution in [0.1, 0.15) is 6.92 Å². The largest absolute Gasteiger partial charge is 1.00 e. The second-order valence-electron chi connectivity index (χ2n) is 28.0. The van der Waals surface area contributed by atoms with Crippen molar-refractivity contribution in [3.63, 3.8) is 0 Å². The number of carboxylic acid groups (broad SMARTS) is 4. The van der Waals surface area contributed by atoms with Crippen LogP contribution in [0.2, 0.25) is 0 Å². The number of carboxylic acids is 4. The van der Waals surface area contributed by atoms with Crippen molar-refractivity contribution in [2.24, 2.45) is 0 Å². The van der Waals surface area contributed by atoms with E-state index in [-0.39, 0.29) is 420 Å². The summed E-state index contributed by atoms with van der Waals surface area (Å²) in [7, 11) is -62.9. The molecule has 149 heavy (non-hydrogen) atoms. The first-order chi connectivity index (χ1) is 61.4. The molecular weight excluding hydrogens is 2440 g/mol. The van der Waals surface area contributed by atoms with Gasteiger partial charge in [0.2, 0.25) is 85.0 Å². The zero-order valence-corrected chi connectivity index (χ0v) is 115. The fraction of sp³-hybridized carbons (Fsp3) is 0.860. The zero-order chi connectivity index (χ0) is 102. The normalized spacial score (nSPS) is 35.5. The predicted octanol–water partition coefficient (Wildman–Crippen LogP) is -70.5. The molecule has 0 aromatic rings. The summed E-state index contributed by atoms with van der Waals surface area (Å²) >= 11 is 0. The van der Waals surface area contributed by atoms with Crippen LogP contribution in [0.3, 0.4) is 0 Å². The van der Waals surface area contributed by atoms with Crippen LogP contribution in [0.4, 0.5) is 0 Å². The first-order valence-corrected chi connectivity index (χ1v) is 48.9. The molecule has 0 saturated carbocycles. The molecule has 784 valence electrons. The van der Waals surface area contributed by atoms with E-state index in [1.807, 2.05) is 5.32 Å². The second-order valence-corrected chi connectivity index (χ2v) is 38.7. The number of amides is 1. The average molecular weight is 2500 g/mol. The Morgan fingerprint density at radius 2 is 0.557 bits per heavy atom. The van der Waals surface area contributed by atoms with Crippen LogP contribution in [0.25, 0.3) is 0 Å². The quantitative estimate of drug-likeness (QED) is 0.0153. The minimum atomic E-state index is -6.85. The minimum Gasteiger partial charge on any atom is -0.735 e. The summed E-state index contributed by atoms with van der Waals surface area (Å²) in [6, 6.07) is -12.1. The summed E-state index contributed by atoms with van der Waals surface area (Å²) in [5.41, 5.74) is 0. The molecule has 0 spiro atoms. The Balaban J connectivity index is -0.00000288. The number of carbonyl (C=O) groups excluding carboxylic acids is 5. The van der Waals surface area contributed by atoms with Crippen LogP contribution in [-0.4, -0.2) is 470 Å². The number of aliphatic hydroxyl groups is 10. The molecule has 38 atom stereocenters. The standard InChI is InChI=1S/C50H78N4O71S10.14Na/c1-7(55)51-15-19(58)28(113-47-23(62)21(60)33(37(120-47)41(69)70)118-45-16(53-127(77,78)79)20(59)29(12(111-45)5-106-131(89,90)91)114-49-26(123-133(95,96)97)8(56)2-9(109-49)39(65)66)11(4-105-130(86,87)88)110-44(15)117-32-22(61)24(63)48(121-36(32)40(67)68)116-30-13(6-107-132(92,93)94)112-46(17(54-128(80,81)82)31(30)124-134(98,99)100)119-34-25(64)35(125-135(101,102)103)50(122-38(34)42(71)72)115-27-10(3-104-129(83,84)85)108-43(73)14(18(27)57)52-126(74,75)76;;;;;;;;;;;;;;/h2,8,10-38,43-50,52-54,56-64,73H,3-6H2,1H3,(H,51,55)(H,65,66)(H,67,68)(H,69,70)(H,71,72)(H,74,75,76)(H,77,78,79)(H,80,81,82)(H,83,84,85)(H,86,87,88)(H,89,90,91)(H,92,93,94)(H,95,96,97)(H,98,99,100)(H,101,102,103);;;;;;;;;;;;;;/q;14*+1/p-14/t8-,10+,11+,12+,13+,14+,15+,16+,17+,18+,19+,20+,21+,22+,23+,24+,25-,26+,27+,28+,29+,30+,31+,32-,33-,34-,35+,36-,37+,38+,43-,44+,45+,46+,47+,48+,49-,50+;;;;;;;;;;;;;;/m0............../s1. The first-order valence-electron chi connectivity index (χ1n) is 35.4. The number of aliphatic hydroxyl groups excluding tert-OH is 10. The molecule has 7 saturated heterocycles. The van der Waals surface area contributed by atoms with E-state index in [4.69, 9.17) is 71.1 Å². The van der Waals surface area contributed by atoms with E-state index >= 15 is 0 Å². The van der Waals surface area contributed by atoms with Gasteiger partial charge < -0.3 is 213 Å². The van der Waals surface area contributed by atoms with E-state index < -0.39 is 399 Å². The Morgan fingerprint density at radius 3 is 0.893 bits per heavy atom. The number of aliphatic carboxylic acids is 4. The molecule has 0 aromatic carbocycles. The number of carbonyl (C=O) groups is 5. The monoisotopic (exact) mass is 2500 g/mol. The van der Waals surface area contributed by atoms with Crippen molar-refractivity contribution in [1.29, 1.82) is 0 Å². The Bertz CT molecular complexity index is 5530. The molecule has 0 aromatic heterocycles. The fourth-order valence-electron chi connectivity index (χ4n) is 13.6. The van der Waals surface area contributed by atoms with Gasteiger partial charge in [-0.15, -0.1) is 0 Å². The molecule has 0 unspecified atom stereocenters. The van der Waals surface area contributed by atoms with E-state index in [0.717, 1.165) is 14.2 Å². The van der Waals surface area contributed by atoms with Crippen molar-refractivity contribution < 1.29 is 739 Å². The molecule has 7 fully saturated rings. The third-order valence-electron chi connectivity index (χ3n) is 18.8. The first kappa shape index (κ1) is 170. The van der Waals surface area contributed by atoms with Crippen molar-refractivity contribution in [2.45, 2.75) is 240 Å². The zero-order valence-electron chi connectivity index (χ0n) is 78.8. The molecule has 75 nitrogen and oxygen atoms in total. The molecule has 8 aliphatic rings. The maximum absolute atomic E-state index is 13.2. The van der Waals surface area contributed by atoms with E-state index in [9.17, 15) is 225 Å². The third-order valence-corrected chi connectivity index (χ3v) is 23.6. The van der Waals surface area contributed by atoms with Gasteiger partial charge in [0.25, 0.3) is 0 Å². The third kappa shape index (κ3) is 52.7. The minimum absolute atomic E-state index is 0. The molecule has 8 heterocycles. The topological polar surface area (TPSA) is 1200 Å². The second kappa shape index (κ2) is 70.7. The molecule has 8 rings (SSSR count). The van der Waals surface area contributed by atoms with E-state index in [1.54, 1.807) is 0 Å². The van der Waals surface area contributed by atoms with Crippen LogP contribution in [0.15, 0.2) is 11.8 Å². The fourth-order valence-corrected chi connectivity index (χ4v) is 18.0. The van der Waals surface area contributed by atoms with Gasteiger partial charge >= 0.3 is 414 Å². The van der Waals surface area contributed by atoms with Crippen molar-refractivity contribution >= 4 is 133 Å². The number of nitrogens with one attached hydrogen (secondary N) is 4. The van der Waals surface area contributed by atoms with Crippen LogP contribution >= 0.6 is 0 Å². The summed E-state index contributed by atoms with van der Waals surface area (Å²) in [6.07, 6.45) is -107. The molecule has 8 aliphatic heterocycles. The van der Waals surface area contributed by atoms with E-state index in [0.29, 0.717) is 6.92 Å². The number of ether oxygens (including phenoxy) is 15. The summed E-state index contributed by atoms with van der Waals surface area (Å²) in [4.78, 5) is 63.9.